The van der Waals surface area contributed by atoms with Crippen molar-refractivity contribution in [1.29, 1.82) is 0 Å². The summed E-state index contributed by atoms with van der Waals surface area (Å²) in [6.45, 7) is 3.82. The Morgan fingerprint density at radius 2 is 2.00 bits per heavy atom. The van der Waals surface area contributed by atoms with Crippen molar-refractivity contribution in [3.8, 4) is 0 Å². The molecule has 2 aliphatic heterocycles. The number of rotatable bonds is 0. The molecule has 4 unspecified atom stereocenters. The molecule has 1 saturated carbocycles. The van der Waals surface area contributed by atoms with Crippen LogP contribution in [0, 0.1) is 5.92 Å². The second kappa shape index (κ2) is 3.07. The molecule has 2 heterocycles. The van der Waals surface area contributed by atoms with Crippen LogP contribution >= 0.6 is 22.6 Å². The molecule has 15 heavy (non-hydrogen) atoms. The van der Waals surface area contributed by atoms with Crippen molar-refractivity contribution >= 4 is 28.6 Å². The summed E-state index contributed by atoms with van der Waals surface area (Å²) in [7, 11) is 0. The molecule has 3 aliphatic rings. The van der Waals surface area contributed by atoms with Gasteiger partial charge in [0.05, 0.1) is 6.10 Å². The van der Waals surface area contributed by atoms with Crippen molar-refractivity contribution in [2.45, 2.75) is 48.3 Å². The van der Waals surface area contributed by atoms with E-state index in [9.17, 15) is 4.79 Å². The summed E-state index contributed by atoms with van der Waals surface area (Å²) < 4.78 is 16.9. The van der Waals surface area contributed by atoms with Crippen LogP contribution in [0.3, 0.4) is 0 Å². The number of ether oxygens (including phenoxy) is 3. The van der Waals surface area contributed by atoms with Crippen molar-refractivity contribution in [2.75, 3.05) is 0 Å². The summed E-state index contributed by atoms with van der Waals surface area (Å²) in [5, 5.41) is 0. The highest BCUT2D eigenvalue weighted by Crippen LogP contribution is 2.48. The molecule has 0 aromatic rings. The summed E-state index contributed by atoms with van der Waals surface area (Å²) in [4.78, 5) is 11.5. The maximum absolute atomic E-state index is 11.5. The molecule has 3 rings (SSSR count). The lowest BCUT2D eigenvalue weighted by Crippen LogP contribution is -2.38. The molecule has 5 heteroatoms. The van der Waals surface area contributed by atoms with Gasteiger partial charge in [-0.3, -0.25) is 4.79 Å². The molecule has 2 bridgehead atoms. The van der Waals surface area contributed by atoms with E-state index < -0.39 is 5.79 Å². The molecule has 4 nitrogen and oxygen atoms in total. The molecule has 84 valence electrons. The monoisotopic (exact) mass is 324 g/mol. The van der Waals surface area contributed by atoms with Crippen molar-refractivity contribution in [1.82, 2.24) is 0 Å². The van der Waals surface area contributed by atoms with Gasteiger partial charge in [0.15, 0.2) is 5.79 Å². The van der Waals surface area contributed by atoms with Crippen LogP contribution in [0.25, 0.3) is 0 Å². The number of alkyl halides is 1. The van der Waals surface area contributed by atoms with Crippen LogP contribution in [0.2, 0.25) is 0 Å². The first-order chi connectivity index (χ1) is 6.98. The SMILES string of the molecule is CC1(C)OC2C3CC(C2O1)[C@H](I)C(=O)O3. The fourth-order valence-corrected chi connectivity index (χ4v) is 3.61. The second-order valence-corrected chi connectivity index (χ2v) is 6.18. The zero-order valence-electron chi connectivity index (χ0n) is 8.60. The minimum absolute atomic E-state index is 0.0262. The van der Waals surface area contributed by atoms with E-state index in [0.717, 1.165) is 6.42 Å². The first kappa shape index (κ1) is 10.3. The van der Waals surface area contributed by atoms with E-state index in [-0.39, 0.29) is 34.1 Å². The largest absolute Gasteiger partial charge is 0.459 e. The minimum Gasteiger partial charge on any atom is -0.459 e. The molecule has 0 aromatic carbocycles. The van der Waals surface area contributed by atoms with Crippen LogP contribution in [0.5, 0.6) is 0 Å². The minimum atomic E-state index is -0.535. The smallest absolute Gasteiger partial charge is 0.319 e. The van der Waals surface area contributed by atoms with Gasteiger partial charge in [0.25, 0.3) is 0 Å². The molecule has 2 saturated heterocycles. The molecule has 0 amide bonds. The first-order valence-electron chi connectivity index (χ1n) is 5.18. The van der Waals surface area contributed by atoms with Gasteiger partial charge in [-0.05, 0) is 20.3 Å². The number of carbonyl (C=O) groups excluding carboxylic acids is 1. The number of hydrogen-bond donors (Lipinski definition) is 0. The Morgan fingerprint density at radius 1 is 1.33 bits per heavy atom. The highest BCUT2D eigenvalue weighted by molar-refractivity contribution is 14.1. The van der Waals surface area contributed by atoms with Gasteiger partial charge in [-0.15, -0.1) is 0 Å². The molecule has 0 N–H and O–H groups in total. The van der Waals surface area contributed by atoms with Crippen molar-refractivity contribution in [3.05, 3.63) is 0 Å². The Hall–Kier alpha value is 0.120. The number of hydrogen-bond acceptors (Lipinski definition) is 4. The van der Waals surface area contributed by atoms with Gasteiger partial charge in [-0.2, -0.15) is 0 Å². The zero-order chi connectivity index (χ0) is 10.8. The predicted octanol–water partition coefficient (Wildman–Crippen LogP) is 1.26. The van der Waals surface area contributed by atoms with Crippen molar-refractivity contribution in [3.63, 3.8) is 0 Å². The summed E-state index contributed by atoms with van der Waals surface area (Å²) in [6.07, 6.45) is 0.748. The fraction of sp³-hybridized carbons (Fsp3) is 0.900. The lowest BCUT2D eigenvalue weighted by molar-refractivity contribution is -0.186. The van der Waals surface area contributed by atoms with Gasteiger partial charge in [-0.25, -0.2) is 0 Å². The van der Waals surface area contributed by atoms with E-state index in [1.54, 1.807) is 0 Å². The van der Waals surface area contributed by atoms with Crippen LogP contribution in [0.1, 0.15) is 20.3 Å². The predicted molar refractivity (Wildman–Crippen MR) is 59.6 cm³/mol. The summed E-state index contributed by atoms with van der Waals surface area (Å²) in [5.41, 5.74) is 0. The third kappa shape index (κ3) is 1.43. The average molecular weight is 324 g/mol. The van der Waals surface area contributed by atoms with E-state index in [1.165, 1.54) is 0 Å². The summed E-state index contributed by atoms with van der Waals surface area (Å²) in [5.74, 6) is -0.397. The van der Waals surface area contributed by atoms with E-state index in [0.29, 0.717) is 0 Å². The first-order valence-corrected chi connectivity index (χ1v) is 6.43. The maximum Gasteiger partial charge on any atom is 0.319 e. The zero-order valence-corrected chi connectivity index (χ0v) is 10.8. The van der Waals surface area contributed by atoms with E-state index in [4.69, 9.17) is 14.2 Å². The lowest BCUT2D eigenvalue weighted by atomic mass is 10.0. The third-order valence-electron chi connectivity index (χ3n) is 3.33. The van der Waals surface area contributed by atoms with Crippen molar-refractivity contribution < 1.29 is 19.0 Å². The summed E-state index contributed by atoms with van der Waals surface area (Å²) >= 11 is 2.15. The van der Waals surface area contributed by atoms with Gasteiger partial charge in [-0.1, -0.05) is 22.6 Å². The molecule has 0 aromatic heterocycles. The third-order valence-corrected chi connectivity index (χ3v) is 4.76. The number of esters is 1. The van der Waals surface area contributed by atoms with Gasteiger partial charge in [0.1, 0.15) is 16.1 Å². The van der Waals surface area contributed by atoms with Crippen LogP contribution in [0.15, 0.2) is 0 Å². The summed E-state index contributed by atoms with van der Waals surface area (Å²) in [6, 6.07) is 0. The van der Waals surface area contributed by atoms with E-state index in [2.05, 4.69) is 22.6 Å². The fourth-order valence-electron chi connectivity index (χ4n) is 2.76. The van der Waals surface area contributed by atoms with Crippen LogP contribution in [0.4, 0.5) is 0 Å². The van der Waals surface area contributed by atoms with Crippen LogP contribution in [-0.4, -0.2) is 34.0 Å². The van der Waals surface area contributed by atoms with Crippen LogP contribution < -0.4 is 0 Å². The number of halogens is 1. The van der Waals surface area contributed by atoms with E-state index >= 15 is 0 Å². The van der Waals surface area contributed by atoms with Crippen molar-refractivity contribution in [2.24, 2.45) is 5.92 Å². The Kier molecular flexibility index (Phi) is 2.11. The van der Waals surface area contributed by atoms with Gasteiger partial charge >= 0.3 is 5.97 Å². The molecule has 1 aliphatic carbocycles. The molecule has 0 spiro atoms. The normalized spacial score (nSPS) is 51.4. The lowest BCUT2D eigenvalue weighted by Gasteiger charge is -2.29. The highest BCUT2D eigenvalue weighted by atomic mass is 127. The highest BCUT2D eigenvalue weighted by Gasteiger charge is 2.60. The van der Waals surface area contributed by atoms with Gasteiger partial charge in [0.2, 0.25) is 0 Å². The van der Waals surface area contributed by atoms with Gasteiger partial charge < -0.3 is 14.2 Å². The Balaban J connectivity index is 1.90. The second-order valence-electron chi connectivity index (χ2n) is 4.84. The van der Waals surface area contributed by atoms with Gasteiger partial charge in [0, 0.05) is 5.92 Å². The van der Waals surface area contributed by atoms with E-state index in [1.807, 2.05) is 13.8 Å². The molecular weight excluding hydrogens is 311 g/mol. The molecule has 3 fully saturated rings. The topological polar surface area (TPSA) is 44.8 Å². The average Bonchev–Trinajstić information content (AvgIpc) is 2.57. The van der Waals surface area contributed by atoms with Crippen LogP contribution in [-0.2, 0) is 19.0 Å². The standard InChI is InChI=1S/C10H13IO4/c1-10(2)14-7-4-3-5(8(7)15-10)13-9(12)6(4)11/h4-8H,3H2,1-2H3/t4?,5?,6-,7?,8?/m0/s1. The Bertz CT molecular complexity index is 317. The number of carbonyl (C=O) groups is 1. The Morgan fingerprint density at radius 3 is 2.73 bits per heavy atom. The maximum atomic E-state index is 11.5. The quantitative estimate of drug-likeness (QED) is 0.382. The molecule has 5 atom stereocenters. The number of fused-ring (bicyclic) bond motifs is 5. The molecule has 0 radical (unpaired) electrons. The molecular formula is C10H13IO4. The Labute approximate surface area is 102 Å².